The van der Waals surface area contributed by atoms with E-state index in [2.05, 4.69) is 4.99 Å². The largest absolute Gasteiger partial charge is 0.316 e. The Morgan fingerprint density at radius 2 is 2.17 bits per heavy atom. The minimum atomic E-state index is -0.359. The van der Waals surface area contributed by atoms with E-state index in [0.29, 0.717) is 21.9 Å². The molecule has 1 heterocycles. The second-order valence-corrected chi connectivity index (χ2v) is 7.50. The van der Waals surface area contributed by atoms with Crippen molar-refractivity contribution >= 4 is 50.8 Å². The Labute approximate surface area is 151 Å². The molecule has 0 saturated heterocycles. The molecule has 0 aliphatic heterocycles. The van der Waals surface area contributed by atoms with Gasteiger partial charge in [-0.1, -0.05) is 29.0 Å². The zero-order valence-corrected chi connectivity index (χ0v) is 15.2. The van der Waals surface area contributed by atoms with Crippen LogP contribution in [0.5, 0.6) is 0 Å². The number of aromatic nitrogens is 1. The first-order valence-electron chi connectivity index (χ1n) is 7.21. The number of amides is 1. The van der Waals surface area contributed by atoms with Gasteiger partial charge in [-0.15, -0.1) is 0 Å². The van der Waals surface area contributed by atoms with E-state index < -0.39 is 0 Å². The summed E-state index contributed by atoms with van der Waals surface area (Å²) in [5.41, 5.74) is 1.32. The standard InChI is InChI=1S/C17H14ClFN2OS2/c1-23-8-7-21-14-6-5-13(19)10-15(14)24-17(21)20-16(22)11-3-2-4-12(18)9-11/h2-6,9-10H,7-8H2,1H3. The van der Waals surface area contributed by atoms with Crippen LogP contribution in [0.15, 0.2) is 47.5 Å². The van der Waals surface area contributed by atoms with Gasteiger partial charge in [0.15, 0.2) is 4.80 Å². The van der Waals surface area contributed by atoms with Gasteiger partial charge in [-0.2, -0.15) is 16.8 Å². The fourth-order valence-corrected chi connectivity index (χ4v) is 3.94. The molecule has 124 valence electrons. The molecule has 1 amide bonds. The van der Waals surface area contributed by atoms with E-state index in [1.807, 2.05) is 10.8 Å². The third-order valence-corrected chi connectivity index (χ3v) is 5.30. The molecule has 3 rings (SSSR count). The van der Waals surface area contributed by atoms with Gasteiger partial charge in [-0.25, -0.2) is 4.39 Å². The van der Waals surface area contributed by atoms with E-state index in [4.69, 9.17) is 11.6 Å². The highest BCUT2D eigenvalue weighted by Crippen LogP contribution is 2.19. The number of hydrogen-bond donors (Lipinski definition) is 0. The average molecular weight is 381 g/mol. The molecule has 0 fully saturated rings. The van der Waals surface area contributed by atoms with Crippen LogP contribution >= 0.6 is 34.7 Å². The van der Waals surface area contributed by atoms with Crippen molar-refractivity contribution < 1.29 is 9.18 Å². The van der Waals surface area contributed by atoms with E-state index in [0.717, 1.165) is 16.0 Å². The molecule has 0 atom stereocenters. The normalized spacial score (nSPS) is 12.0. The summed E-state index contributed by atoms with van der Waals surface area (Å²) in [7, 11) is 0. The number of thioether (sulfide) groups is 1. The quantitative estimate of drug-likeness (QED) is 0.663. The fraction of sp³-hybridized carbons (Fsp3) is 0.176. The number of nitrogens with zero attached hydrogens (tertiary/aromatic N) is 2. The maximum absolute atomic E-state index is 13.5. The lowest BCUT2D eigenvalue weighted by Gasteiger charge is -2.03. The molecule has 0 bridgehead atoms. The van der Waals surface area contributed by atoms with Crippen molar-refractivity contribution in [1.29, 1.82) is 0 Å². The van der Waals surface area contributed by atoms with E-state index >= 15 is 0 Å². The predicted molar refractivity (Wildman–Crippen MR) is 99.5 cm³/mol. The Kier molecular flexibility index (Phi) is 5.38. The zero-order chi connectivity index (χ0) is 17.1. The van der Waals surface area contributed by atoms with E-state index in [9.17, 15) is 9.18 Å². The summed E-state index contributed by atoms with van der Waals surface area (Å²) in [6.45, 7) is 0.703. The number of benzene rings is 2. The van der Waals surface area contributed by atoms with Crippen LogP contribution < -0.4 is 4.80 Å². The van der Waals surface area contributed by atoms with Gasteiger partial charge < -0.3 is 4.57 Å². The number of carbonyl (C=O) groups excluding carboxylic acids is 1. The Hall–Kier alpha value is -1.63. The molecule has 0 aliphatic rings. The molecule has 0 radical (unpaired) electrons. The summed E-state index contributed by atoms with van der Waals surface area (Å²) in [6.07, 6.45) is 2.02. The smallest absolute Gasteiger partial charge is 0.279 e. The first kappa shape index (κ1) is 17.2. The highest BCUT2D eigenvalue weighted by molar-refractivity contribution is 7.98. The molecule has 0 unspecified atom stereocenters. The number of aryl methyl sites for hydroxylation is 1. The molecule has 0 aliphatic carbocycles. The van der Waals surface area contributed by atoms with Gasteiger partial charge in [-0.05, 0) is 42.7 Å². The van der Waals surface area contributed by atoms with E-state index in [-0.39, 0.29) is 11.7 Å². The number of carbonyl (C=O) groups is 1. The van der Waals surface area contributed by atoms with Crippen LogP contribution in [0.1, 0.15) is 10.4 Å². The zero-order valence-electron chi connectivity index (χ0n) is 12.8. The molecule has 3 nitrogen and oxygen atoms in total. The highest BCUT2D eigenvalue weighted by Gasteiger charge is 2.10. The fourth-order valence-electron chi connectivity index (χ4n) is 2.30. The third kappa shape index (κ3) is 3.71. The maximum atomic E-state index is 13.5. The third-order valence-electron chi connectivity index (χ3n) is 3.43. The Morgan fingerprint density at radius 3 is 2.92 bits per heavy atom. The Balaban J connectivity index is 2.11. The second-order valence-electron chi connectivity index (χ2n) is 5.07. The summed E-state index contributed by atoms with van der Waals surface area (Å²) in [5, 5.41) is 0.490. The Morgan fingerprint density at radius 1 is 1.33 bits per heavy atom. The van der Waals surface area contributed by atoms with Crippen molar-refractivity contribution in [1.82, 2.24) is 4.57 Å². The van der Waals surface area contributed by atoms with E-state index in [1.165, 1.54) is 23.5 Å². The van der Waals surface area contributed by atoms with Crippen LogP contribution in [0.25, 0.3) is 10.2 Å². The highest BCUT2D eigenvalue weighted by atomic mass is 35.5. The van der Waals surface area contributed by atoms with Gasteiger partial charge in [0.05, 0.1) is 10.2 Å². The SMILES string of the molecule is CSCCn1c(=NC(=O)c2cccc(Cl)c2)sc2cc(F)ccc21. The van der Waals surface area contributed by atoms with Gasteiger partial charge >= 0.3 is 0 Å². The first-order chi connectivity index (χ1) is 11.6. The molecule has 0 saturated carbocycles. The maximum Gasteiger partial charge on any atom is 0.279 e. The number of thiazole rings is 1. The van der Waals surface area contributed by atoms with Crippen LogP contribution in [0.2, 0.25) is 5.02 Å². The molecular weight excluding hydrogens is 367 g/mol. The van der Waals surface area contributed by atoms with Crippen molar-refractivity contribution in [2.75, 3.05) is 12.0 Å². The first-order valence-corrected chi connectivity index (χ1v) is 9.80. The molecule has 7 heteroatoms. The number of halogens is 2. The number of fused-ring (bicyclic) bond motifs is 1. The summed E-state index contributed by atoms with van der Waals surface area (Å²) in [5.74, 6) is 0.220. The predicted octanol–water partition coefficient (Wildman–Crippen LogP) is 4.60. The van der Waals surface area contributed by atoms with Crippen LogP contribution in [-0.4, -0.2) is 22.5 Å². The second kappa shape index (κ2) is 7.51. The van der Waals surface area contributed by atoms with Crippen molar-refractivity contribution in [3.05, 3.63) is 63.7 Å². The van der Waals surface area contributed by atoms with Crippen LogP contribution in [-0.2, 0) is 6.54 Å². The minimum Gasteiger partial charge on any atom is -0.316 e. The Bertz CT molecular complexity index is 965. The molecule has 1 aromatic heterocycles. The summed E-state index contributed by atoms with van der Waals surface area (Å²) in [6, 6.07) is 11.3. The van der Waals surface area contributed by atoms with Gasteiger partial charge in [0.1, 0.15) is 5.82 Å². The molecule has 0 spiro atoms. The molecular formula is C17H14ClFN2OS2. The molecule has 0 N–H and O–H groups in total. The summed E-state index contributed by atoms with van der Waals surface area (Å²) < 4.78 is 16.2. The summed E-state index contributed by atoms with van der Waals surface area (Å²) >= 11 is 8.94. The van der Waals surface area contributed by atoms with Crippen LogP contribution in [0.4, 0.5) is 4.39 Å². The average Bonchev–Trinajstić information content (AvgIpc) is 2.89. The summed E-state index contributed by atoms with van der Waals surface area (Å²) in [4.78, 5) is 17.2. The van der Waals surface area contributed by atoms with Crippen molar-refractivity contribution in [2.24, 2.45) is 4.99 Å². The lowest BCUT2D eigenvalue weighted by Crippen LogP contribution is -2.18. The molecule has 24 heavy (non-hydrogen) atoms. The van der Waals surface area contributed by atoms with Crippen LogP contribution in [0, 0.1) is 5.82 Å². The van der Waals surface area contributed by atoms with E-state index in [1.54, 1.807) is 42.1 Å². The van der Waals surface area contributed by atoms with Gasteiger partial charge in [0.2, 0.25) is 0 Å². The van der Waals surface area contributed by atoms with Crippen molar-refractivity contribution in [3.63, 3.8) is 0 Å². The van der Waals surface area contributed by atoms with Crippen LogP contribution in [0.3, 0.4) is 0 Å². The lowest BCUT2D eigenvalue weighted by molar-refractivity contribution is 0.0998. The van der Waals surface area contributed by atoms with Crippen molar-refractivity contribution in [3.8, 4) is 0 Å². The van der Waals surface area contributed by atoms with Crippen molar-refractivity contribution in [2.45, 2.75) is 6.54 Å². The lowest BCUT2D eigenvalue weighted by atomic mass is 10.2. The monoisotopic (exact) mass is 380 g/mol. The van der Waals surface area contributed by atoms with Gasteiger partial charge in [-0.3, -0.25) is 4.79 Å². The molecule has 3 aromatic rings. The minimum absolute atomic E-state index is 0.298. The number of hydrogen-bond acceptors (Lipinski definition) is 3. The van der Waals surface area contributed by atoms with Gasteiger partial charge in [0, 0.05) is 22.9 Å². The topological polar surface area (TPSA) is 34.4 Å². The molecule has 2 aromatic carbocycles. The van der Waals surface area contributed by atoms with Gasteiger partial charge in [0.25, 0.3) is 5.91 Å². The number of rotatable bonds is 4.